The van der Waals surface area contributed by atoms with Crippen LogP contribution in [0, 0.1) is 0 Å². The largest absolute Gasteiger partial charge is 0.464 e. The van der Waals surface area contributed by atoms with Gasteiger partial charge in [-0.15, -0.1) is 8.61 Å². The lowest BCUT2D eigenvalue weighted by molar-refractivity contribution is 0.170. The zero-order valence-corrected chi connectivity index (χ0v) is 7.80. The smallest absolute Gasteiger partial charge is 0.427 e. The van der Waals surface area contributed by atoms with Gasteiger partial charge in [0.25, 0.3) is 0 Å². The van der Waals surface area contributed by atoms with Gasteiger partial charge in [0.05, 0.1) is 0 Å². The Morgan fingerprint density at radius 3 is 1.27 bits per heavy atom. The van der Waals surface area contributed by atoms with E-state index in [1.807, 2.05) is 0 Å². The van der Waals surface area contributed by atoms with Gasteiger partial charge in [-0.05, 0) is 0 Å². The van der Waals surface area contributed by atoms with E-state index < -0.39 is 24.2 Å². The highest BCUT2D eigenvalue weighted by Gasteiger charge is 2.29. The lowest BCUT2D eigenvalue weighted by atomic mass is 11.0. The molecular formula is C4H6N4O6S. The van der Waals surface area contributed by atoms with E-state index in [0.29, 0.717) is 0 Å². The van der Waals surface area contributed by atoms with Gasteiger partial charge >= 0.3 is 24.2 Å². The second-order valence-electron chi connectivity index (χ2n) is 1.91. The maximum atomic E-state index is 10.5. The summed E-state index contributed by atoms with van der Waals surface area (Å²) in [6, 6.07) is -2.92. The number of nitrogens with zero attached hydrogens (tertiary/aromatic N) is 2. The Labute approximate surface area is 86.7 Å². The lowest BCUT2D eigenvalue weighted by Crippen LogP contribution is -2.42. The maximum Gasteiger partial charge on any atom is 0.427 e. The minimum absolute atomic E-state index is 0.168. The fourth-order valence-corrected chi connectivity index (χ4v) is 0.884. The highest BCUT2D eigenvalue weighted by atomic mass is 32.2. The molecule has 0 atom stereocenters. The number of rotatable bonds is 2. The summed E-state index contributed by atoms with van der Waals surface area (Å²) in [6.07, 6.45) is -3.67. The molecule has 84 valence electrons. The summed E-state index contributed by atoms with van der Waals surface area (Å²) < 4.78 is -0.336. The van der Waals surface area contributed by atoms with Gasteiger partial charge in [0.2, 0.25) is 0 Å². The number of hydrogen-bond donors (Lipinski definition) is 4. The molecule has 0 saturated carbocycles. The Morgan fingerprint density at radius 2 is 1.13 bits per heavy atom. The topological polar surface area (TPSA) is 167 Å². The molecule has 6 N–H and O–H groups in total. The van der Waals surface area contributed by atoms with Gasteiger partial charge in [-0.2, -0.15) is 0 Å². The number of carboxylic acid groups (broad SMARTS) is 2. The molecule has 0 rings (SSSR count). The first-order chi connectivity index (χ1) is 6.77. The molecule has 0 fully saturated rings. The third kappa shape index (κ3) is 3.60. The van der Waals surface area contributed by atoms with Crippen molar-refractivity contribution in [3.63, 3.8) is 0 Å². The van der Waals surface area contributed by atoms with Crippen molar-refractivity contribution in [3.8, 4) is 0 Å². The summed E-state index contributed by atoms with van der Waals surface area (Å²) >= 11 is -0.259. The number of imide groups is 2. The number of carbonyl (C=O) groups is 4. The first-order valence-electron chi connectivity index (χ1n) is 3.10. The quantitative estimate of drug-likeness (QED) is 0.477. The molecule has 0 aliphatic carbocycles. The van der Waals surface area contributed by atoms with Crippen LogP contribution in [-0.4, -0.2) is 43.1 Å². The van der Waals surface area contributed by atoms with Gasteiger partial charge in [-0.25, -0.2) is 19.2 Å². The molecule has 10 nitrogen and oxygen atoms in total. The molecule has 0 aromatic rings. The van der Waals surface area contributed by atoms with E-state index in [9.17, 15) is 19.2 Å². The van der Waals surface area contributed by atoms with Crippen molar-refractivity contribution in [1.82, 2.24) is 8.61 Å². The summed E-state index contributed by atoms with van der Waals surface area (Å²) in [5.74, 6) is 0. The van der Waals surface area contributed by atoms with Crippen molar-refractivity contribution < 1.29 is 29.4 Å². The van der Waals surface area contributed by atoms with Crippen LogP contribution in [0.3, 0.4) is 0 Å². The minimum Gasteiger partial charge on any atom is -0.464 e. The highest BCUT2D eigenvalue weighted by Crippen LogP contribution is 2.16. The molecule has 0 aliphatic heterocycles. The van der Waals surface area contributed by atoms with Crippen molar-refractivity contribution in [2.45, 2.75) is 0 Å². The van der Waals surface area contributed by atoms with Crippen LogP contribution in [0.1, 0.15) is 0 Å². The third-order valence-corrected chi connectivity index (χ3v) is 1.91. The fourth-order valence-electron chi connectivity index (χ4n) is 0.421. The van der Waals surface area contributed by atoms with E-state index in [2.05, 4.69) is 11.5 Å². The summed E-state index contributed by atoms with van der Waals surface area (Å²) in [7, 11) is 0. The number of nitrogens with two attached hydrogens (primary N) is 2. The summed E-state index contributed by atoms with van der Waals surface area (Å²) in [5.41, 5.74) is 9.20. The summed E-state index contributed by atoms with van der Waals surface area (Å²) in [4.78, 5) is 41.7. The number of hydrogen-bond acceptors (Lipinski definition) is 5. The molecule has 0 aliphatic rings. The zero-order valence-electron chi connectivity index (χ0n) is 6.98. The number of urea groups is 2. The molecule has 0 aromatic heterocycles. The summed E-state index contributed by atoms with van der Waals surface area (Å²) in [5, 5.41) is 16.8. The average molecular weight is 238 g/mol. The van der Waals surface area contributed by atoms with E-state index in [0.717, 1.165) is 0 Å². The van der Waals surface area contributed by atoms with E-state index in [1.165, 1.54) is 0 Å². The molecule has 15 heavy (non-hydrogen) atoms. The van der Waals surface area contributed by atoms with Crippen molar-refractivity contribution in [3.05, 3.63) is 0 Å². The Morgan fingerprint density at radius 1 is 0.867 bits per heavy atom. The van der Waals surface area contributed by atoms with Crippen molar-refractivity contribution in [1.29, 1.82) is 0 Å². The first-order valence-corrected chi connectivity index (χ1v) is 3.83. The molecule has 0 heterocycles. The van der Waals surface area contributed by atoms with Gasteiger partial charge in [0, 0.05) is 0 Å². The van der Waals surface area contributed by atoms with Gasteiger partial charge in [-0.1, -0.05) is 0 Å². The lowest BCUT2D eigenvalue weighted by Gasteiger charge is -2.18. The van der Waals surface area contributed by atoms with E-state index in [4.69, 9.17) is 10.2 Å². The zero-order chi connectivity index (χ0) is 12.2. The third-order valence-electron chi connectivity index (χ3n) is 0.911. The van der Waals surface area contributed by atoms with Crippen LogP contribution < -0.4 is 11.5 Å². The number of primary amides is 2. The standard InChI is InChI=1S/C4H6N4O6S/c5-1(9)7(3(11)12)15-8(2(6)10)4(13)14/h(H2,5,9)(H2,6,10)(H,11,12)(H,13,14). The van der Waals surface area contributed by atoms with Gasteiger partial charge in [0.15, 0.2) is 0 Å². The average Bonchev–Trinajstić information content (AvgIpc) is 2.01. The molecule has 0 bridgehead atoms. The van der Waals surface area contributed by atoms with Crippen LogP contribution in [-0.2, 0) is 0 Å². The maximum absolute atomic E-state index is 10.5. The molecule has 0 saturated heterocycles. The Bertz CT molecular complexity index is 260. The molecule has 0 aromatic carbocycles. The van der Waals surface area contributed by atoms with Crippen LogP contribution in [0.25, 0.3) is 0 Å². The van der Waals surface area contributed by atoms with Gasteiger partial charge in [0.1, 0.15) is 12.1 Å². The molecule has 11 heteroatoms. The second-order valence-corrected chi connectivity index (χ2v) is 2.81. The van der Waals surface area contributed by atoms with Crippen molar-refractivity contribution >= 4 is 36.4 Å². The van der Waals surface area contributed by atoms with Crippen LogP contribution in [0.5, 0.6) is 0 Å². The van der Waals surface area contributed by atoms with Gasteiger partial charge < -0.3 is 21.7 Å². The monoisotopic (exact) mass is 238 g/mol. The molecule has 0 unspecified atom stereocenters. The first kappa shape index (κ1) is 12.8. The van der Waals surface area contributed by atoms with E-state index in [1.54, 1.807) is 0 Å². The fraction of sp³-hybridized carbons (Fsp3) is 0. The predicted octanol–water partition coefficient (Wildman–Crippen LogP) is -0.333. The Hall–Kier alpha value is -2.17. The molecule has 6 amide bonds. The van der Waals surface area contributed by atoms with Crippen LogP contribution in [0.15, 0.2) is 0 Å². The molecule has 0 spiro atoms. The summed E-state index contributed by atoms with van der Waals surface area (Å²) in [6.45, 7) is 0. The van der Waals surface area contributed by atoms with E-state index >= 15 is 0 Å². The number of amides is 6. The van der Waals surface area contributed by atoms with Crippen LogP contribution in [0.2, 0.25) is 0 Å². The second kappa shape index (κ2) is 4.90. The normalized spacial score (nSPS) is 9.07. The van der Waals surface area contributed by atoms with Gasteiger partial charge in [-0.3, -0.25) is 0 Å². The molecule has 0 radical (unpaired) electrons. The predicted molar refractivity (Wildman–Crippen MR) is 46.5 cm³/mol. The van der Waals surface area contributed by atoms with Crippen LogP contribution in [0.4, 0.5) is 19.2 Å². The van der Waals surface area contributed by atoms with E-state index in [-0.39, 0.29) is 20.7 Å². The molecular weight excluding hydrogens is 232 g/mol. The van der Waals surface area contributed by atoms with Crippen molar-refractivity contribution in [2.24, 2.45) is 11.5 Å². The minimum atomic E-state index is -1.83. The Balaban J connectivity index is 4.77. The van der Waals surface area contributed by atoms with Crippen molar-refractivity contribution in [2.75, 3.05) is 0 Å². The number of carbonyl (C=O) groups excluding carboxylic acids is 2. The van der Waals surface area contributed by atoms with Crippen LogP contribution >= 0.6 is 12.1 Å². The SMILES string of the molecule is NC(=O)N(SN(C(N)=O)C(=O)O)C(=O)O. The highest BCUT2D eigenvalue weighted by molar-refractivity contribution is 7.96. The Kier molecular flexibility index (Phi) is 4.19.